The van der Waals surface area contributed by atoms with Crippen molar-refractivity contribution in [2.24, 2.45) is 23.7 Å². The second-order valence-corrected chi connectivity index (χ2v) is 7.24. The Morgan fingerprint density at radius 2 is 1.89 bits per heavy atom. The van der Waals surface area contributed by atoms with E-state index in [0.29, 0.717) is 25.3 Å². The minimum atomic E-state index is -0.501. The topological polar surface area (TPSA) is 102 Å². The molecule has 8 nitrogen and oxygen atoms in total. The molecule has 2 amide bonds. The summed E-state index contributed by atoms with van der Waals surface area (Å²) in [7, 11) is 1.60. The van der Waals surface area contributed by atoms with Gasteiger partial charge in [-0.05, 0) is 36.8 Å². The lowest BCUT2D eigenvalue weighted by atomic mass is 9.85. The molecule has 1 heterocycles. The highest BCUT2D eigenvalue weighted by Crippen LogP contribution is 2.53. The summed E-state index contributed by atoms with van der Waals surface area (Å²) in [5.41, 5.74) is 0.484. The number of fused-ring (bicyclic) bond motifs is 5. The number of hydrogen-bond donors (Lipinski definition) is 1. The molecule has 27 heavy (non-hydrogen) atoms. The minimum Gasteiger partial charge on any atom is -0.385 e. The van der Waals surface area contributed by atoms with E-state index in [2.05, 4.69) is 5.32 Å². The molecule has 2 aliphatic carbocycles. The molecule has 1 saturated heterocycles. The molecule has 0 aromatic heterocycles. The third-order valence-electron chi connectivity index (χ3n) is 5.75. The normalized spacial score (nSPS) is 28.1. The maximum Gasteiger partial charge on any atom is 0.294 e. The molecule has 3 aliphatic rings. The van der Waals surface area contributed by atoms with Gasteiger partial charge in [-0.1, -0.05) is 12.2 Å². The Hall–Kier alpha value is -2.74. The fourth-order valence-corrected chi connectivity index (χ4v) is 4.56. The molecule has 1 aromatic rings. The molecule has 0 spiro atoms. The number of nitro benzene ring substituents is 1. The van der Waals surface area contributed by atoms with Crippen molar-refractivity contribution in [2.45, 2.75) is 12.8 Å². The third kappa shape index (κ3) is 2.80. The minimum absolute atomic E-state index is 0.109. The number of amides is 2. The summed E-state index contributed by atoms with van der Waals surface area (Å²) in [6, 6.07) is 4.46. The SMILES string of the molecule is COCCCNc1ccc(N2C(=O)[C@@H]3[C@H](C2=O)[C@H]2C=C[C@H]3C2)cc1[N+](=O)[O-]. The van der Waals surface area contributed by atoms with Gasteiger partial charge in [0.05, 0.1) is 22.4 Å². The van der Waals surface area contributed by atoms with Crippen molar-refractivity contribution in [1.82, 2.24) is 0 Å². The summed E-state index contributed by atoms with van der Waals surface area (Å²) >= 11 is 0. The molecule has 4 rings (SSSR count). The lowest BCUT2D eigenvalue weighted by Crippen LogP contribution is -2.32. The number of imide groups is 1. The number of carbonyl (C=O) groups excluding carboxylic acids is 2. The van der Waals surface area contributed by atoms with Crippen molar-refractivity contribution >= 4 is 28.9 Å². The summed E-state index contributed by atoms with van der Waals surface area (Å²) < 4.78 is 4.97. The summed E-state index contributed by atoms with van der Waals surface area (Å²) in [6.07, 6.45) is 5.61. The monoisotopic (exact) mass is 371 g/mol. The van der Waals surface area contributed by atoms with E-state index in [0.717, 1.165) is 11.3 Å². The molecule has 8 heteroatoms. The highest BCUT2D eigenvalue weighted by Gasteiger charge is 2.59. The van der Waals surface area contributed by atoms with E-state index in [1.807, 2.05) is 12.2 Å². The van der Waals surface area contributed by atoms with Crippen LogP contribution in [0.2, 0.25) is 0 Å². The van der Waals surface area contributed by atoms with E-state index in [4.69, 9.17) is 4.74 Å². The number of nitrogens with one attached hydrogen (secondary N) is 1. The molecule has 1 aliphatic heterocycles. The molecule has 142 valence electrons. The number of nitrogens with zero attached hydrogens (tertiary/aromatic N) is 2. The first-order valence-electron chi connectivity index (χ1n) is 9.10. The van der Waals surface area contributed by atoms with Crippen LogP contribution in [0.15, 0.2) is 30.4 Å². The highest BCUT2D eigenvalue weighted by atomic mass is 16.6. The number of carbonyl (C=O) groups is 2. The first-order valence-corrected chi connectivity index (χ1v) is 9.10. The smallest absolute Gasteiger partial charge is 0.294 e. The fraction of sp³-hybridized carbons (Fsp3) is 0.474. The largest absolute Gasteiger partial charge is 0.385 e. The quantitative estimate of drug-likeness (QED) is 0.260. The Kier molecular flexibility index (Phi) is 4.43. The Labute approximate surface area is 156 Å². The second-order valence-electron chi connectivity index (χ2n) is 7.24. The lowest BCUT2D eigenvalue weighted by molar-refractivity contribution is -0.383. The van der Waals surface area contributed by atoms with Crippen molar-refractivity contribution in [3.05, 3.63) is 40.5 Å². The van der Waals surface area contributed by atoms with Crippen molar-refractivity contribution in [3.63, 3.8) is 0 Å². The van der Waals surface area contributed by atoms with Crippen molar-refractivity contribution in [1.29, 1.82) is 0 Å². The summed E-state index contributed by atoms with van der Waals surface area (Å²) in [4.78, 5) is 37.9. The van der Waals surface area contributed by atoms with E-state index in [1.54, 1.807) is 19.2 Å². The zero-order valence-corrected chi connectivity index (χ0v) is 15.0. The Bertz CT molecular complexity index is 807. The molecular formula is C19H21N3O5. The third-order valence-corrected chi connectivity index (χ3v) is 5.75. The highest BCUT2D eigenvalue weighted by molar-refractivity contribution is 6.23. The van der Waals surface area contributed by atoms with Crippen LogP contribution in [0.1, 0.15) is 12.8 Å². The van der Waals surface area contributed by atoms with Gasteiger partial charge in [0.2, 0.25) is 11.8 Å². The average Bonchev–Trinajstić information content (AvgIpc) is 3.33. The predicted octanol–water partition coefficient (Wildman–Crippen LogP) is 2.35. The van der Waals surface area contributed by atoms with Crippen LogP contribution in [0.3, 0.4) is 0 Å². The van der Waals surface area contributed by atoms with Crippen LogP contribution in [0, 0.1) is 33.8 Å². The Balaban J connectivity index is 1.59. The number of rotatable bonds is 7. The number of hydrogen-bond acceptors (Lipinski definition) is 6. The molecule has 4 atom stereocenters. The van der Waals surface area contributed by atoms with E-state index < -0.39 is 4.92 Å². The van der Waals surface area contributed by atoms with Gasteiger partial charge < -0.3 is 10.1 Å². The van der Waals surface area contributed by atoms with Gasteiger partial charge in [-0.2, -0.15) is 0 Å². The van der Waals surface area contributed by atoms with Gasteiger partial charge in [0.25, 0.3) is 5.69 Å². The van der Waals surface area contributed by atoms with Crippen LogP contribution >= 0.6 is 0 Å². The van der Waals surface area contributed by atoms with Gasteiger partial charge in [-0.3, -0.25) is 19.7 Å². The summed E-state index contributed by atoms with van der Waals surface area (Å²) in [5, 5.41) is 14.5. The standard InChI is InChI=1S/C19H21N3O5/c1-27-8-2-7-20-14-6-5-13(10-15(14)22(25)26)21-18(23)16-11-3-4-12(9-11)17(16)19(21)24/h3-6,10-12,16-17,20H,2,7-9H2,1H3/t11-,12-,16-,17+/m0/s1. The molecule has 0 radical (unpaired) electrons. The number of nitro groups is 1. The van der Waals surface area contributed by atoms with E-state index in [-0.39, 0.29) is 46.9 Å². The number of allylic oxidation sites excluding steroid dienone is 2. The van der Waals surface area contributed by atoms with Crippen molar-refractivity contribution < 1.29 is 19.2 Å². The maximum atomic E-state index is 12.9. The van der Waals surface area contributed by atoms with E-state index in [1.165, 1.54) is 6.07 Å². The van der Waals surface area contributed by atoms with Crippen LogP contribution in [0.4, 0.5) is 17.1 Å². The molecule has 0 unspecified atom stereocenters. The van der Waals surface area contributed by atoms with Crippen LogP contribution in [0.5, 0.6) is 0 Å². The molecule has 1 aromatic carbocycles. The van der Waals surface area contributed by atoms with Gasteiger partial charge in [0.1, 0.15) is 5.69 Å². The zero-order chi connectivity index (χ0) is 19.1. The van der Waals surface area contributed by atoms with Gasteiger partial charge in [0, 0.05) is 26.3 Å². The summed E-state index contributed by atoms with van der Waals surface area (Å²) in [5.74, 6) is -0.901. The lowest BCUT2D eigenvalue weighted by Gasteiger charge is -2.18. The molecule has 2 bridgehead atoms. The first-order chi connectivity index (χ1) is 13.0. The van der Waals surface area contributed by atoms with Crippen LogP contribution < -0.4 is 10.2 Å². The average molecular weight is 371 g/mol. The molecule has 1 saturated carbocycles. The van der Waals surface area contributed by atoms with Gasteiger partial charge in [0.15, 0.2) is 0 Å². The number of benzene rings is 1. The van der Waals surface area contributed by atoms with E-state index >= 15 is 0 Å². The summed E-state index contributed by atoms with van der Waals surface area (Å²) in [6.45, 7) is 1.07. The van der Waals surface area contributed by atoms with Crippen molar-refractivity contribution in [2.75, 3.05) is 30.5 Å². The van der Waals surface area contributed by atoms with Gasteiger partial charge in [-0.25, -0.2) is 4.90 Å². The fourth-order valence-electron chi connectivity index (χ4n) is 4.56. The zero-order valence-electron chi connectivity index (χ0n) is 15.0. The van der Waals surface area contributed by atoms with E-state index in [9.17, 15) is 19.7 Å². The van der Waals surface area contributed by atoms with Gasteiger partial charge in [-0.15, -0.1) is 0 Å². The molecule has 1 N–H and O–H groups in total. The number of anilines is 2. The Morgan fingerprint density at radius 3 is 2.48 bits per heavy atom. The van der Waals surface area contributed by atoms with Crippen LogP contribution in [-0.2, 0) is 14.3 Å². The van der Waals surface area contributed by atoms with Crippen LogP contribution in [-0.4, -0.2) is 37.0 Å². The second kappa shape index (κ2) is 6.77. The first kappa shape index (κ1) is 17.7. The molecule has 2 fully saturated rings. The maximum absolute atomic E-state index is 12.9. The van der Waals surface area contributed by atoms with Crippen molar-refractivity contribution in [3.8, 4) is 0 Å². The Morgan fingerprint density at radius 1 is 1.22 bits per heavy atom. The molecular weight excluding hydrogens is 350 g/mol. The van der Waals surface area contributed by atoms with Crippen LogP contribution in [0.25, 0.3) is 0 Å². The van der Waals surface area contributed by atoms with Gasteiger partial charge >= 0.3 is 0 Å². The predicted molar refractivity (Wildman–Crippen MR) is 98.3 cm³/mol. The number of ether oxygens (including phenoxy) is 1. The number of methoxy groups -OCH3 is 1.